The standard InChI is InChI=1S/C11H19N3O3/c15-10-5-2-6-14(10)9-4-1-3-8(7-9)12-13-11(16)17/h8-9,12-13H,1-7H2,(H,16,17)/t8-,9+/m0/s1. The lowest BCUT2D eigenvalue weighted by Crippen LogP contribution is -2.49. The SMILES string of the molecule is O=C(O)NN[C@H]1CCC[C@@H](N2CCCC2=O)C1. The number of nitrogens with one attached hydrogen (secondary N) is 2. The molecule has 2 fully saturated rings. The molecule has 1 saturated carbocycles. The van der Waals surface area contributed by atoms with E-state index in [2.05, 4.69) is 10.9 Å². The largest absolute Gasteiger partial charge is 0.464 e. The Morgan fingerprint density at radius 1 is 1.35 bits per heavy atom. The Morgan fingerprint density at radius 2 is 2.18 bits per heavy atom. The van der Waals surface area contributed by atoms with Crippen LogP contribution in [-0.2, 0) is 4.79 Å². The zero-order chi connectivity index (χ0) is 12.3. The van der Waals surface area contributed by atoms with E-state index in [1.807, 2.05) is 4.90 Å². The molecule has 1 saturated heterocycles. The second kappa shape index (κ2) is 5.35. The zero-order valence-corrected chi connectivity index (χ0v) is 9.82. The van der Waals surface area contributed by atoms with Crippen LogP contribution in [0.15, 0.2) is 0 Å². The molecule has 0 spiro atoms. The van der Waals surface area contributed by atoms with Crippen molar-refractivity contribution >= 4 is 12.0 Å². The highest BCUT2D eigenvalue weighted by Gasteiger charge is 2.32. The summed E-state index contributed by atoms with van der Waals surface area (Å²) < 4.78 is 0. The summed E-state index contributed by atoms with van der Waals surface area (Å²) in [4.78, 5) is 24.0. The molecule has 17 heavy (non-hydrogen) atoms. The molecule has 96 valence electrons. The third-order valence-corrected chi connectivity index (χ3v) is 3.58. The van der Waals surface area contributed by atoms with Crippen LogP contribution in [0.4, 0.5) is 4.79 Å². The molecule has 0 aromatic rings. The van der Waals surface area contributed by atoms with E-state index in [4.69, 9.17) is 5.11 Å². The number of rotatable bonds is 3. The number of likely N-dealkylation sites (tertiary alicyclic amines) is 1. The maximum Gasteiger partial charge on any atom is 0.419 e. The summed E-state index contributed by atoms with van der Waals surface area (Å²) in [6.07, 6.45) is 4.43. The van der Waals surface area contributed by atoms with E-state index in [0.717, 1.165) is 38.6 Å². The Kier molecular flexibility index (Phi) is 3.83. The number of carbonyl (C=O) groups excluding carboxylic acids is 1. The molecule has 0 aromatic carbocycles. The van der Waals surface area contributed by atoms with Crippen LogP contribution in [0.1, 0.15) is 38.5 Å². The average molecular weight is 241 g/mol. The maximum absolute atomic E-state index is 11.6. The lowest BCUT2D eigenvalue weighted by molar-refractivity contribution is -0.130. The summed E-state index contributed by atoms with van der Waals surface area (Å²) in [5.41, 5.74) is 5.00. The van der Waals surface area contributed by atoms with Gasteiger partial charge in [0, 0.05) is 25.0 Å². The molecule has 0 radical (unpaired) electrons. The monoisotopic (exact) mass is 241 g/mol. The molecule has 2 aliphatic rings. The molecule has 1 aliphatic carbocycles. The van der Waals surface area contributed by atoms with Gasteiger partial charge in [-0.3, -0.25) is 10.2 Å². The predicted octanol–water partition coefficient (Wildman–Crippen LogP) is 0.692. The Hall–Kier alpha value is -1.30. The fourth-order valence-corrected chi connectivity index (χ4v) is 2.80. The van der Waals surface area contributed by atoms with Crippen LogP contribution < -0.4 is 10.9 Å². The van der Waals surface area contributed by atoms with Crippen molar-refractivity contribution in [1.29, 1.82) is 0 Å². The summed E-state index contributed by atoms with van der Waals surface area (Å²) >= 11 is 0. The van der Waals surface area contributed by atoms with Gasteiger partial charge < -0.3 is 10.0 Å². The van der Waals surface area contributed by atoms with Crippen LogP contribution in [0.2, 0.25) is 0 Å². The van der Waals surface area contributed by atoms with Crippen molar-refractivity contribution in [3.05, 3.63) is 0 Å². The van der Waals surface area contributed by atoms with Crippen LogP contribution in [0.5, 0.6) is 0 Å². The molecule has 2 rings (SSSR count). The highest BCUT2D eigenvalue weighted by molar-refractivity contribution is 5.78. The Labute approximate surface area is 100 Å². The summed E-state index contributed by atoms with van der Waals surface area (Å²) in [5, 5.41) is 8.53. The molecule has 1 heterocycles. The van der Waals surface area contributed by atoms with Crippen molar-refractivity contribution in [2.24, 2.45) is 0 Å². The van der Waals surface area contributed by atoms with Crippen molar-refractivity contribution < 1.29 is 14.7 Å². The molecule has 0 aromatic heterocycles. The Balaban J connectivity index is 1.84. The second-order valence-corrected chi connectivity index (χ2v) is 4.78. The topological polar surface area (TPSA) is 81.7 Å². The lowest BCUT2D eigenvalue weighted by atomic mass is 9.90. The second-order valence-electron chi connectivity index (χ2n) is 4.78. The van der Waals surface area contributed by atoms with Gasteiger partial charge in [-0.2, -0.15) is 0 Å². The van der Waals surface area contributed by atoms with Gasteiger partial charge in [0.05, 0.1) is 0 Å². The number of hydrogen-bond acceptors (Lipinski definition) is 3. The first kappa shape index (κ1) is 12.2. The van der Waals surface area contributed by atoms with Crippen LogP contribution in [0, 0.1) is 0 Å². The van der Waals surface area contributed by atoms with Gasteiger partial charge in [0.1, 0.15) is 0 Å². The van der Waals surface area contributed by atoms with Gasteiger partial charge in [-0.15, -0.1) is 0 Å². The fraction of sp³-hybridized carbons (Fsp3) is 0.818. The first-order valence-corrected chi connectivity index (χ1v) is 6.21. The number of nitrogens with zero attached hydrogens (tertiary/aromatic N) is 1. The minimum Gasteiger partial charge on any atom is -0.464 e. The van der Waals surface area contributed by atoms with Crippen molar-refractivity contribution in [3.63, 3.8) is 0 Å². The number of hydrogen-bond donors (Lipinski definition) is 3. The predicted molar refractivity (Wildman–Crippen MR) is 61.3 cm³/mol. The molecule has 1 aliphatic heterocycles. The quantitative estimate of drug-likeness (QED) is 0.635. The van der Waals surface area contributed by atoms with Crippen LogP contribution in [0.25, 0.3) is 0 Å². The molecule has 0 unspecified atom stereocenters. The van der Waals surface area contributed by atoms with Gasteiger partial charge in [-0.25, -0.2) is 10.2 Å². The van der Waals surface area contributed by atoms with E-state index in [1.54, 1.807) is 0 Å². The highest BCUT2D eigenvalue weighted by atomic mass is 16.4. The summed E-state index contributed by atoms with van der Waals surface area (Å²) in [6.45, 7) is 0.864. The van der Waals surface area contributed by atoms with Crippen molar-refractivity contribution in [1.82, 2.24) is 15.8 Å². The lowest BCUT2D eigenvalue weighted by Gasteiger charge is -2.35. The number of carboxylic acid groups (broad SMARTS) is 1. The van der Waals surface area contributed by atoms with Crippen LogP contribution >= 0.6 is 0 Å². The summed E-state index contributed by atoms with van der Waals surface area (Å²) in [5.74, 6) is 0.252. The third-order valence-electron chi connectivity index (χ3n) is 3.58. The summed E-state index contributed by atoms with van der Waals surface area (Å²) in [6, 6.07) is 0.421. The molecule has 2 amide bonds. The Morgan fingerprint density at radius 3 is 2.82 bits per heavy atom. The fourth-order valence-electron chi connectivity index (χ4n) is 2.80. The van der Waals surface area contributed by atoms with Gasteiger partial charge in [0.25, 0.3) is 0 Å². The Bertz CT molecular complexity index is 308. The molecule has 6 nitrogen and oxygen atoms in total. The van der Waals surface area contributed by atoms with E-state index in [1.165, 1.54) is 0 Å². The smallest absolute Gasteiger partial charge is 0.419 e. The van der Waals surface area contributed by atoms with Crippen LogP contribution in [-0.4, -0.2) is 40.6 Å². The molecule has 3 N–H and O–H groups in total. The molecular formula is C11H19N3O3. The van der Waals surface area contributed by atoms with Gasteiger partial charge in [0.15, 0.2) is 0 Å². The van der Waals surface area contributed by atoms with E-state index < -0.39 is 6.09 Å². The van der Waals surface area contributed by atoms with Gasteiger partial charge in [-0.1, -0.05) is 0 Å². The van der Waals surface area contributed by atoms with E-state index in [-0.39, 0.29) is 18.0 Å². The minimum atomic E-state index is -1.07. The third kappa shape index (κ3) is 3.09. The zero-order valence-electron chi connectivity index (χ0n) is 9.82. The maximum atomic E-state index is 11.6. The van der Waals surface area contributed by atoms with Gasteiger partial charge in [-0.05, 0) is 32.1 Å². The first-order valence-electron chi connectivity index (χ1n) is 6.21. The molecule has 2 atom stereocenters. The van der Waals surface area contributed by atoms with E-state index in [0.29, 0.717) is 6.42 Å². The van der Waals surface area contributed by atoms with Crippen molar-refractivity contribution in [2.75, 3.05) is 6.54 Å². The molecular weight excluding hydrogens is 222 g/mol. The normalized spacial score (nSPS) is 29.4. The average Bonchev–Trinajstić information content (AvgIpc) is 2.73. The number of hydrazine groups is 1. The highest BCUT2D eigenvalue weighted by Crippen LogP contribution is 2.26. The molecule has 0 bridgehead atoms. The molecule has 6 heteroatoms. The number of carbonyl (C=O) groups is 2. The van der Waals surface area contributed by atoms with Gasteiger partial charge >= 0.3 is 6.09 Å². The van der Waals surface area contributed by atoms with E-state index >= 15 is 0 Å². The van der Waals surface area contributed by atoms with Crippen molar-refractivity contribution in [3.8, 4) is 0 Å². The van der Waals surface area contributed by atoms with Gasteiger partial charge in [0.2, 0.25) is 5.91 Å². The van der Waals surface area contributed by atoms with Crippen LogP contribution in [0.3, 0.4) is 0 Å². The van der Waals surface area contributed by atoms with Crippen molar-refractivity contribution in [2.45, 2.75) is 50.6 Å². The minimum absolute atomic E-state index is 0.137. The number of amides is 2. The first-order chi connectivity index (χ1) is 8.16. The van der Waals surface area contributed by atoms with E-state index in [9.17, 15) is 9.59 Å². The summed E-state index contributed by atoms with van der Waals surface area (Å²) in [7, 11) is 0.